The predicted molar refractivity (Wildman–Crippen MR) is 82.4 cm³/mol. The van der Waals surface area contributed by atoms with E-state index < -0.39 is 0 Å². The maximum Gasteiger partial charge on any atom is 0.254 e. The molecule has 0 radical (unpaired) electrons. The number of rotatable bonds is 4. The summed E-state index contributed by atoms with van der Waals surface area (Å²) in [6.45, 7) is 0.617. The van der Waals surface area contributed by atoms with E-state index in [-0.39, 0.29) is 18.0 Å². The van der Waals surface area contributed by atoms with Crippen molar-refractivity contribution in [3.8, 4) is 0 Å². The van der Waals surface area contributed by atoms with Crippen molar-refractivity contribution in [1.82, 2.24) is 15.8 Å². The molecule has 1 amide bonds. The summed E-state index contributed by atoms with van der Waals surface area (Å²) in [6.07, 6.45) is 0. The summed E-state index contributed by atoms with van der Waals surface area (Å²) in [5.74, 6) is 0.0758. The molecule has 21 heavy (non-hydrogen) atoms. The van der Waals surface area contributed by atoms with E-state index in [1.54, 1.807) is 12.1 Å². The van der Waals surface area contributed by atoms with E-state index in [4.69, 9.17) is 0 Å². The number of benzene rings is 2. The third-order valence-corrected chi connectivity index (χ3v) is 3.79. The van der Waals surface area contributed by atoms with Gasteiger partial charge in [0.05, 0.1) is 6.04 Å². The zero-order valence-corrected chi connectivity index (χ0v) is 12.0. The molecule has 1 unspecified atom stereocenters. The van der Waals surface area contributed by atoms with Crippen molar-refractivity contribution < 1.29 is 4.79 Å². The quantitative estimate of drug-likeness (QED) is 0.897. The highest BCUT2D eigenvalue weighted by atomic mass is 16.2. The number of nitrogens with zero attached hydrogens (tertiary/aromatic N) is 1. The Bertz CT molecular complexity index is 560. The maximum atomic E-state index is 12.1. The first-order valence-corrected chi connectivity index (χ1v) is 7.13. The number of hydrazine groups is 1. The lowest BCUT2D eigenvalue weighted by Gasteiger charge is -2.22. The van der Waals surface area contributed by atoms with E-state index in [2.05, 4.69) is 35.0 Å². The average molecular weight is 281 g/mol. The fourth-order valence-electron chi connectivity index (χ4n) is 2.63. The Morgan fingerprint density at radius 1 is 1.05 bits per heavy atom. The summed E-state index contributed by atoms with van der Waals surface area (Å²) in [5.41, 5.74) is 5.37. The van der Waals surface area contributed by atoms with Crippen molar-refractivity contribution in [2.24, 2.45) is 0 Å². The second-order valence-electron chi connectivity index (χ2n) is 5.23. The van der Waals surface area contributed by atoms with Crippen molar-refractivity contribution in [2.45, 2.75) is 12.1 Å². The number of hydrogen-bond acceptors (Lipinski definition) is 3. The zero-order valence-electron chi connectivity index (χ0n) is 12.0. The van der Waals surface area contributed by atoms with Gasteiger partial charge in [-0.25, -0.2) is 5.43 Å². The van der Waals surface area contributed by atoms with E-state index in [0.717, 1.165) is 11.1 Å². The molecule has 3 rings (SSSR count). The molecule has 4 nitrogen and oxygen atoms in total. The first kappa shape index (κ1) is 13.8. The smallest absolute Gasteiger partial charge is 0.254 e. The summed E-state index contributed by atoms with van der Waals surface area (Å²) in [7, 11) is 1.75. The second-order valence-corrected chi connectivity index (χ2v) is 5.23. The van der Waals surface area contributed by atoms with Crippen LogP contribution < -0.4 is 10.7 Å². The Labute approximate surface area is 124 Å². The molecule has 2 aromatic carbocycles. The van der Waals surface area contributed by atoms with Crippen LogP contribution in [-0.4, -0.2) is 30.6 Å². The molecule has 0 spiro atoms. The van der Waals surface area contributed by atoms with Crippen LogP contribution in [-0.2, 0) is 4.79 Å². The summed E-state index contributed by atoms with van der Waals surface area (Å²) in [4.78, 5) is 12.1. The van der Waals surface area contributed by atoms with E-state index >= 15 is 0 Å². The lowest BCUT2D eigenvalue weighted by atomic mass is 9.98. The Kier molecular flexibility index (Phi) is 3.99. The average Bonchev–Trinajstić information content (AvgIpc) is 2.86. The summed E-state index contributed by atoms with van der Waals surface area (Å²) >= 11 is 0. The molecule has 1 fully saturated rings. The minimum Gasteiger partial charge on any atom is -0.294 e. The molecule has 1 aliphatic heterocycles. The minimum atomic E-state index is -0.208. The van der Waals surface area contributed by atoms with Crippen molar-refractivity contribution in [3.05, 3.63) is 71.8 Å². The minimum absolute atomic E-state index is 0.00894. The lowest BCUT2D eigenvalue weighted by Crippen LogP contribution is -2.40. The van der Waals surface area contributed by atoms with Crippen molar-refractivity contribution in [3.63, 3.8) is 0 Å². The molecule has 1 aliphatic rings. The number of carbonyl (C=O) groups is 1. The molecule has 1 saturated heterocycles. The molecule has 1 heterocycles. The molecule has 2 aromatic rings. The van der Waals surface area contributed by atoms with Gasteiger partial charge >= 0.3 is 0 Å². The molecule has 108 valence electrons. The summed E-state index contributed by atoms with van der Waals surface area (Å²) in [5, 5.41) is 5.02. The van der Waals surface area contributed by atoms with Crippen molar-refractivity contribution >= 4 is 5.91 Å². The van der Waals surface area contributed by atoms with E-state index in [1.165, 1.54) is 0 Å². The number of hydrogen-bond donors (Lipinski definition) is 2. The van der Waals surface area contributed by atoms with Crippen LogP contribution in [0.3, 0.4) is 0 Å². The SMILES string of the molecule is CN1NCC(NC(c2ccccc2)c2ccccc2)C1=O. The van der Waals surface area contributed by atoms with Gasteiger partial charge in [-0.15, -0.1) is 0 Å². The van der Waals surface area contributed by atoms with E-state index in [9.17, 15) is 4.79 Å². The highest BCUT2D eigenvalue weighted by Crippen LogP contribution is 2.23. The number of nitrogens with one attached hydrogen (secondary N) is 2. The molecule has 0 aromatic heterocycles. The number of likely N-dealkylation sites (N-methyl/N-ethyl adjacent to an activating group) is 1. The topological polar surface area (TPSA) is 44.4 Å². The molecule has 1 atom stereocenters. The van der Waals surface area contributed by atoms with Crippen LogP contribution >= 0.6 is 0 Å². The Hall–Kier alpha value is -2.17. The Balaban J connectivity index is 1.89. The fraction of sp³-hybridized carbons (Fsp3) is 0.235. The summed E-state index contributed by atoms with van der Waals surface area (Å²) in [6, 6.07) is 20.2. The molecule has 4 heteroatoms. The van der Waals surface area contributed by atoms with Gasteiger partial charge in [0.1, 0.15) is 6.04 Å². The Morgan fingerprint density at radius 3 is 2.00 bits per heavy atom. The highest BCUT2D eigenvalue weighted by molar-refractivity contribution is 5.83. The van der Waals surface area contributed by atoms with Gasteiger partial charge in [0.15, 0.2) is 0 Å². The Morgan fingerprint density at radius 2 is 1.57 bits per heavy atom. The monoisotopic (exact) mass is 281 g/mol. The maximum absolute atomic E-state index is 12.1. The van der Waals surface area contributed by atoms with Crippen LogP contribution in [0, 0.1) is 0 Å². The predicted octanol–water partition coefficient (Wildman–Crippen LogP) is 1.71. The molecule has 0 aliphatic carbocycles. The van der Waals surface area contributed by atoms with Gasteiger partial charge < -0.3 is 0 Å². The van der Waals surface area contributed by atoms with Crippen molar-refractivity contribution in [2.75, 3.05) is 13.6 Å². The number of amides is 1. The molecule has 0 bridgehead atoms. The zero-order chi connectivity index (χ0) is 14.7. The normalized spacial score (nSPS) is 18.5. The van der Waals surface area contributed by atoms with Crippen LogP contribution in [0.1, 0.15) is 17.2 Å². The molecule has 2 N–H and O–H groups in total. The lowest BCUT2D eigenvalue weighted by molar-refractivity contribution is -0.129. The van der Waals surface area contributed by atoms with E-state index in [1.807, 2.05) is 36.4 Å². The van der Waals surface area contributed by atoms with E-state index in [0.29, 0.717) is 6.54 Å². The molecule has 0 saturated carbocycles. The first-order chi connectivity index (χ1) is 10.3. The van der Waals surface area contributed by atoms with Gasteiger partial charge in [-0.2, -0.15) is 0 Å². The van der Waals surface area contributed by atoms with Crippen LogP contribution in [0.4, 0.5) is 0 Å². The first-order valence-electron chi connectivity index (χ1n) is 7.13. The van der Waals surface area contributed by atoms with Crippen molar-refractivity contribution in [1.29, 1.82) is 0 Å². The fourth-order valence-corrected chi connectivity index (χ4v) is 2.63. The van der Waals surface area contributed by atoms with Crippen LogP contribution in [0.15, 0.2) is 60.7 Å². The van der Waals surface area contributed by atoms with Gasteiger partial charge in [-0.05, 0) is 11.1 Å². The van der Waals surface area contributed by atoms with Gasteiger partial charge in [0, 0.05) is 13.6 Å². The van der Waals surface area contributed by atoms with Crippen LogP contribution in [0.5, 0.6) is 0 Å². The molecular formula is C17H19N3O. The standard InChI is InChI=1S/C17H19N3O/c1-20-17(21)15(12-18-20)19-16(13-8-4-2-5-9-13)14-10-6-3-7-11-14/h2-11,15-16,18-19H,12H2,1H3. The van der Waals surface area contributed by atoms with Gasteiger partial charge in [-0.1, -0.05) is 60.7 Å². The third kappa shape index (κ3) is 2.96. The van der Waals surface area contributed by atoms with Gasteiger partial charge in [-0.3, -0.25) is 15.1 Å². The molecular weight excluding hydrogens is 262 g/mol. The van der Waals surface area contributed by atoms with Gasteiger partial charge in [0.25, 0.3) is 5.91 Å². The summed E-state index contributed by atoms with van der Waals surface area (Å²) < 4.78 is 0. The van der Waals surface area contributed by atoms with Gasteiger partial charge in [0.2, 0.25) is 0 Å². The second kappa shape index (κ2) is 6.08. The largest absolute Gasteiger partial charge is 0.294 e. The highest BCUT2D eigenvalue weighted by Gasteiger charge is 2.31. The number of carbonyl (C=O) groups excluding carboxylic acids is 1. The van der Waals surface area contributed by atoms with Crippen LogP contribution in [0.25, 0.3) is 0 Å². The third-order valence-electron chi connectivity index (χ3n) is 3.79. The van der Waals surface area contributed by atoms with Crippen LogP contribution in [0.2, 0.25) is 0 Å².